The lowest BCUT2D eigenvalue weighted by Crippen LogP contribution is -2.51. The molecule has 0 N–H and O–H groups in total. The molecule has 1 aromatic heterocycles. The number of carbonyl (C=O) groups is 2. The first-order valence-corrected chi connectivity index (χ1v) is 9.86. The Kier molecular flexibility index (Phi) is 5.54. The number of nitrogens with zero attached hydrogens (tertiary/aromatic N) is 5. The molecule has 0 radical (unpaired) electrons. The van der Waals surface area contributed by atoms with Gasteiger partial charge in [0.25, 0.3) is 0 Å². The van der Waals surface area contributed by atoms with Crippen LogP contribution in [0.4, 0.5) is 16.3 Å². The maximum atomic E-state index is 13.3. The summed E-state index contributed by atoms with van der Waals surface area (Å²) in [5.74, 6) is 1.82. The minimum atomic E-state index is -0.767. The third-order valence-corrected chi connectivity index (χ3v) is 5.40. The number of carbonyl (C=O) groups excluding carboxylic acids is 2. The van der Waals surface area contributed by atoms with Crippen molar-refractivity contribution in [1.29, 1.82) is 0 Å². The predicted octanol–water partition coefficient (Wildman–Crippen LogP) is 1.99. The minimum absolute atomic E-state index is 0.0912. The molecule has 30 heavy (non-hydrogen) atoms. The van der Waals surface area contributed by atoms with Crippen LogP contribution >= 0.6 is 0 Å². The summed E-state index contributed by atoms with van der Waals surface area (Å²) in [6.45, 7) is 3.29. The number of benzene rings is 1. The maximum absolute atomic E-state index is 13.3. The Labute approximate surface area is 175 Å². The zero-order valence-corrected chi connectivity index (χ0v) is 17.3. The smallest absolute Gasteiger partial charge is 0.326 e. The molecule has 1 saturated heterocycles. The second-order valence-corrected chi connectivity index (χ2v) is 7.53. The Morgan fingerprint density at radius 1 is 1.30 bits per heavy atom. The molecule has 0 bridgehead atoms. The predicted molar refractivity (Wildman–Crippen MR) is 111 cm³/mol. The normalized spacial score (nSPS) is 20.4. The molecule has 9 heteroatoms. The average molecular weight is 411 g/mol. The van der Waals surface area contributed by atoms with E-state index in [1.54, 1.807) is 30.2 Å². The van der Waals surface area contributed by atoms with E-state index in [0.29, 0.717) is 30.4 Å². The van der Waals surface area contributed by atoms with Crippen molar-refractivity contribution >= 4 is 23.8 Å². The van der Waals surface area contributed by atoms with Crippen LogP contribution in [-0.4, -0.2) is 66.7 Å². The number of aldehydes is 1. The van der Waals surface area contributed by atoms with Crippen molar-refractivity contribution in [2.45, 2.75) is 32.2 Å². The zero-order chi connectivity index (χ0) is 21.3. The highest BCUT2D eigenvalue weighted by Crippen LogP contribution is 2.37. The molecule has 3 heterocycles. The van der Waals surface area contributed by atoms with Crippen molar-refractivity contribution < 1.29 is 19.1 Å². The van der Waals surface area contributed by atoms with Gasteiger partial charge in [-0.1, -0.05) is 17.7 Å². The molecule has 0 spiro atoms. The van der Waals surface area contributed by atoms with Gasteiger partial charge in [0.2, 0.25) is 0 Å². The van der Waals surface area contributed by atoms with Crippen LogP contribution in [0.15, 0.2) is 30.5 Å². The molecule has 2 amide bonds. The van der Waals surface area contributed by atoms with E-state index in [2.05, 4.69) is 9.97 Å². The zero-order valence-electron chi connectivity index (χ0n) is 17.3. The number of amides is 2. The van der Waals surface area contributed by atoms with Crippen LogP contribution in [0.1, 0.15) is 17.8 Å². The van der Waals surface area contributed by atoms with E-state index in [1.165, 1.54) is 4.90 Å². The summed E-state index contributed by atoms with van der Waals surface area (Å²) in [5.41, 5.74) is 1.68. The molecule has 0 aliphatic carbocycles. The first kappa shape index (κ1) is 20.1. The summed E-state index contributed by atoms with van der Waals surface area (Å²) < 4.78 is 11.1. The SMILES string of the molecule is COCc1ncc2c(n1)N(C)C(C=O)N2C(=O)N1CC[C@H](Oc2ccc(C)cc2)C1. The van der Waals surface area contributed by atoms with Gasteiger partial charge in [-0.25, -0.2) is 14.8 Å². The topological polar surface area (TPSA) is 88.1 Å². The summed E-state index contributed by atoms with van der Waals surface area (Å²) in [4.78, 5) is 38.7. The monoisotopic (exact) mass is 411 g/mol. The van der Waals surface area contributed by atoms with Crippen LogP contribution in [0.3, 0.4) is 0 Å². The van der Waals surface area contributed by atoms with Crippen molar-refractivity contribution in [1.82, 2.24) is 14.9 Å². The van der Waals surface area contributed by atoms with E-state index in [4.69, 9.17) is 9.47 Å². The fourth-order valence-corrected chi connectivity index (χ4v) is 3.80. The minimum Gasteiger partial charge on any atom is -0.489 e. The summed E-state index contributed by atoms with van der Waals surface area (Å²) in [6.07, 6.45) is 2.19. The van der Waals surface area contributed by atoms with Gasteiger partial charge in [-0.15, -0.1) is 0 Å². The molecule has 4 rings (SSSR count). The van der Waals surface area contributed by atoms with Gasteiger partial charge in [-0.2, -0.15) is 0 Å². The van der Waals surface area contributed by atoms with Gasteiger partial charge in [-0.3, -0.25) is 9.69 Å². The Balaban J connectivity index is 1.50. The van der Waals surface area contributed by atoms with Gasteiger partial charge < -0.3 is 19.3 Å². The molecule has 2 aliphatic heterocycles. The Morgan fingerprint density at radius 3 is 2.77 bits per heavy atom. The first-order valence-electron chi connectivity index (χ1n) is 9.86. The van der Waals surface area contributed by atoms with Crippen LogP contribution < -0.4 is 14.5 Å². The summed E-state index contributed by atoms with van der Waals surface area (Å²) in [7, 11) is 3.30. The number of urea groups is 1. The number of rotatable bonds is 5. The molecule has 9 nitrogen and oxygen atoms in total. The molecule has 1 fully saturated rings. The molecular weight excluding hydrogens is 386 g/mol. The molecule has 158 valence electrons. The third kappa shape index (κ3) is 3.68. The van der Waals surface area contributed by atoms with E-state index in [-0.39, 0.29) is 18.7 Å². The molecule has 1 aromatic carbocycles. The van der Waals surface area contributed by atoms with Crippen LogP contribution in [-0.2, 0) is 16.1 Å². The van der Waals surface area contributed by atoms with Gasteiger partial charge in [0.15, 0.2) is 24.1 Å². The van der Waals surface area contributed by atoms with Crippen molar-refractivity contribution in [2.75, 3.05) is 37.0 Å². The number of methoxy groups -OCH3 is 1. The highest BCUT2D eigenvalue weighted by molar-refractivity contribution is 6.02. The number of aryl methyl sites for hydroxylation is 1. The molecule has 1 unspecified atom stereocenters. The average Bonchev–Trinajstić information content (AvgIpc) is 3.32. The number of hydrogen-bond donors (Lipinski definition) is 0. The Morgan fingerprint density at radius 2 is 2.07 bits per heavy atom. The van der Waals surface area contributed by atoms with E-state index >= 15 is 0 Å². The van der Waals surface area contributed by atoms with Crippen molar-refractivity contribution in [3.8, 4) is 5.75 Å². The van der Waals surface area contributed by atoms with E-state index in [0.717, 1.165) is 24.0 Å². The second kappa shape index (κ2) is 8.27. The third-order valence-electron chi connectivity index (χ3n) is 5.40. The number of aromatic nitrogens is 2. The second-order valence-electron chi connectivity index (χ2n) is 7.53. The highest BCUT2D eigenvalue weighted by atomic mass is 16.5. The highest BCUT2D eigenvalue weighted by Gasteiger charge is 2.42. The lowest BCUT2D eigenvalue weighted by Gasteiger charge is -2.28. The largest absolute Gasteiger partial charge is 0.489 e. The molecule has 2 aliphatic rings. The Bertz CT molecular complexity index is 935. The van der Waals surface area contributed by atoms with Crippen LogP contribution in [0.5, 0.6) is 5.75 Å². The van der Waals surface area contributed by atoms with E-state index in [9.17, 15) is 9.59 Å². The van der Waals surface area contributed by atoms with Crippen molar-refractivity contribution in [2.24, 2.45) is 0 Å². The standard InChI is InChI=1S/C21H25N5O4/c1-14-4-6-15(7-5-14)30-16-8-9-25(11-16)21(28)26-17-10-22-18(13-29-3)23-20(17)24(2)19(26)12-27/h4-7,10,12,16,19H,8-9,11,13H2,1-3H3/t16-,19?/m0/s1. The number of hydrogen-bond acceptors (Lipinski definition) is 7. The fourth-order valence-electron chi connectivity index (χ4n) is 3.80. The van der Waals surface area contributed by atoms with Gasteiger partial charge in [0, 0.05) is 27.1 Å². The summed E-state index contributed by atoms with van der Waals surface area (Å²) in [5, 5.41) is 0. The summed E-state index contributed by atoms with van der Waals surface area (Å²) >= 11 is 0. The lowest BCUT2D eigenvalue weighted by molar-refractivity contribution is -0.108. The van der Waals surface area contributed by atoms with Crippen molar-refractivity contribution in [3.63, 3.8) is 0 Å². The first-order chi connectivity index (χ1) is 14.5. The lowest BCUT2D eigenvalue weighted by atomic mass is 10.2. The van der Waals surface area contributed by atoms with Gasteiger partial charge in [-0.05, 0) is 19.1 Å². The van der Waals surface area contributed by atoms with Crippen molar-refractivity contribution in [3.05, 3.63) is 41.9 Å². The number of fused-ring (bicyclic) bond motifs is 1. The number of ether oxygens (including phenoxy) is 2. The fraction of sp³-hybridized carbons (Fsp3) is 0.429. The molecule has 0 saturated carbocycles. The van der Waals surface area contributed by atoms with Gasteiger partial charge >= 0.3 is 6.03 Å². The Hall–Kier alpha value is -3.20. The summed E-state index contributed by atoms with van der Waals surface area (Å²) in [6, 6.07) is 7.61. The number of likely N-dealkylation sites (N-methyl/N-ethyl adjacent to an activating group) is 1. The van der Waals surface area contributed by atoms with E-state index < -0.39 is 6.17 Å². The molecule has 2 atom stereocenters. The number of likely N-dealkylation sites (tertiary alicyclic amines) is 1. The molecular formula is C21H25N5O4. The van der Waals surface area contributed by atoms with Crippen LogP contribution in [0.2, 0.25) is 0 Å². The quantitative estimate of drug-likeness (QED) is 0.695. The van der Waals surface area contributed by atoms with Crippen LogP contribution in [0, 0.1) is 6.92 Å². The maximum Gasteiger partial charge on any atom is 0.326 e. The van der Waals surface area contributed by atoms with Gasteiger partial charge in [0.05, 0.1) is 12.7 Å². The number of anilines is 2. The molecule has 2 aromatic rings. The van der Waals surface area contributed by atoms with Gasteiger partial charge in [0.1, 0.15) is 24.1 Å². The van der Waals surface area contributed by atoms with E-state index in [1.807, 2.05) is 31.2 Å². The van der Waals surface area contributed by atoms with Crippen LogP contribution in [0.25, 0.3) is 0 Å².